The lowest BCUT2D eigenvalue weighted by molar-refractivity contribution is 0.392. The molecule has 0 amide bonds. The number of nitrogens with zero attached hydrogens (tertiary/aromatic N) is 4. The minimum absolute atomic E-state index is 0.498. The lowest BCUT2D eigenvalue weighted by Crippen LogP contribution is -2.06. The van der Waals surface area contributed by atoms with E-state index in [9.17, 15) is 0 Å². The van der Waals surface area contributed by atoms with Crippen LogP contribution in [0.4, 0.5) is 0 Å². The summed E-state index contributed by atoms with van der Waals surface area (Å²) >= 11 is 3.31. The molecule has 0 fully saturated rings. The maximum Gasteiger partial charge on any atom is 0.254 e. The van der Waals surface area contributed by atoms with Crippen LogP contribution in [0.1, 0.15) is 11.4 Å². The molecule has 0 saturated carbocycles. The van der Waals surface area contributed by atoms with Crippen molar-refractivity contribution in [2.75, 3.05) is 7.11 Å². The van der Waals surface area contributed by atoms with Crippen LogP contribution in [-0.2, 0) is 0 Å². The molecule has 2 heterocycles. The van der Waals surface area contributed by atoms with Crippen molar-refractivity contribution in [2.24, 2.45) is 0 Å². The third-order valence-corrected chi connectivity index (χ3v) is 2.64. The van der Waals surface area contributed by atoms with Crippen molar-refractivity contribution >= 4 is 15.9 Å². The number of methoxy groups -OCH3 is 1. The van der Waals surface area contributed by atoms with Crippen molar-refractivity contribution < 1.29 is 4.74 Å². The van der Waals surface area contributed by atoms with Crippen LogP contribution in [0.25, 0.3) is 5.95 Å². The Bertz CT molecular complexity index is 524. The summed E-state index contributed by atoms with van der Waals surface area (Å²) in [4.78, 5) is 8.45. The van der Waals surface area contributed by atoms with E-state index in [1.165, 1.54) is 0 Å². The number of hydrogen-bond donors (Lipinski definition) is 0. The van der Waals surface area contributed by atoms with Gasteiger partial charge in [-0.2, -0.15) is 10.1 Å². The molecule has 0 bridgehead atoms. The molecule has 2 rings (SSSR count). The van der Waals surface area contributed by atoms with Gasteiger partial charge < -0.3 is 4.74 Å². The second-order valence-corrected chi connectivity index (χ2v) is 4.22. The lowest BCUT2D eigenvalue weighted by atomic mass is 10.4. The quantitative estimate of drug-likeness (QED) is 0.846. The van der Waals surface area contributed by atoms with E-state index in [2.05, 4.69) is 31.0 Å². The van der Waals surface area contributed by atoms with Crippen LogP contribution in [0.3, 0.4) is 0 Å². The standard InChI is InChI=1S/C10H11BrN4O/c1-6-4-7(2)15(14-6)10-12-5-8(11)9(13-10)16-3/h4-5H,1-3H3. The molecule has 0 N–H and O–H groups in total. The molecule has 84 valence electrons. The van der Waals surface area contributed by atoms with Gasteiger partial charge in [-0.05, 0) is 35.8 Å². The third kappa shape index (κ3) is 1.92. The van der Waals surface area contributed by atoms with Gasteiger partial charge in [0.05, 0.1) is 23.5 Å². The van der Waals surface area contributed by atoms with Gasteiger partial charge in [0.25, 0.3) is 5.95 Å². The highest BCUT2D eigenvalue weighted by molar-refractivity contribution is 9.10. The molecule has 0 unspecified atom stereocenters. The summed E-state index contributed by atoms with van der Waals surface area (Å²) in [5, 5.41) is 4.31. The molecular formula is C10H11BrN4O. The van der Waals surface area contributed by atoms with Crippen molar-refractivity contribution in [3.8, 4) is 11.8 Å². The summed E-state index contributed by atoms with van der Waals surface area (Å²) in [6, 6.07) is 1.97. The van der Waals surface area contributed by atoms with Gasteiger partial charge in [-0.15, -0.1) is 0 Å². The number of aryl methyl sites for hydroxylation is 2. The SMILES string of the molecule is COc1nc(-n2nc(C)cc2C)ncc1Br. The topological polar surface area (TPSA) is 52.8 Å². The second kappa shape index (κ2) is 4.21. The third-order valence-electron chi connectivity index (χ3n) is 2.09. The maximum atomic E-state index is 5.11. The molecule has 0 aromatic carbocycles. The first-order chi connectivity index (χ1) is 7.61. The monoisotopic (exact) mass is 282 g/mol. The number of ether oxygens (including phenoxy) is 1. The maximum absolute atomic E-state index is 5.11. The van der Waals surface area contributed by atoms with E-state index in [0.29, 0.717) is 11.8 Å². The minimum atomic E-state index is 0.498. The van der Waals surface area contributed by atoms with E-state index in [1.807, 2.05) is 19.9 Å². The molecule has 5 nitrogen and oxygen atoms in total. The van der Waals surface area contributed by atoms with Crippen molar-refractivity contribution in [3.05, 3.63) is 28.1 Å². The molecule has 0 radical (unpaired) electrons. The first kappa shape index (κ1) is 11.1. The van der Waals surface area contributed by atoms with Crippen molar-refractivity contribution in [2.45, 2.75) is 13.8 Å². The highest BCUT2D eigenvalue weighted by Crippen LogP contribution is 2.21. The zero-order chi connectivity index (χ0) is 11.7. The van der Waals surface area contributed by atoms with Crippen LogP contribution in [0.2, 0.25) is 0 Å². The number of rotatable bonds is 2. The highest BCUT2D eigenvalue weighted by atomic mass is 79.9. The Kier molecular flexibility index (Phi) is 2.91. The van der Waals surface area contributed by atoms with Crippen LogP contribution in [0.15, 0.2) is 16.7 Å². The molecule has 0 saturated heterocycles. The zero-order valence-corrected chi connectivity index (χ0v) is 10.8. The van der Waals surface area contributed by atoms with Crippen LogP contribution in [0, 0.1) is 13.8 Å². The van der Waals surface area contributed by atoms with E-state index in [-0.39, 0.29) is 0 Å². The molecule has 0 atom stereocenters. The predicted molar refractivity (Wildman–Crippen MR) is 62.9 cm³/mol. The highest BCUT2D eigenvalue weighted by Gasteiger charge is 2.09. The minimum Gasteiger partial charge on any atom is -0.480 e. The molecule has 0 aliphatic rings. The summed E-state index contributed by atoms with van der Waals surface area (Å²) in [5.74, 6) is 1.00. The molecule has 2 aromatic rings. The summed E-state index contributed by atoms with van der Waals surface area (Å²) in [6.45, 7) is 3.89. The molecule has 16 heavy (non-hydrogen) atoms. The van der Waals surface area contributed by atoms with E-state index < -0.39 is 0 Å². The van der Waals surface area contributed by atoms with E-state index in [1.54, 1.807) is 18.0 Å². The van der Waals surface area contributed by atoms with Crippen molar-refractivity contribution in [3.63, 3.8) is 0 Å². The lowest BCUT2D eigenvalue weighted by Gasteiger charge is -2.05. The van der Waals surface area contributed by atoms with Gasteiger partial charge in [0.15, 0.2) is 0 Å². The fourth-order valence-corrected chi connectivity index (χ4v) is 1.77. The van der Waals surface area contributed by atoms with E-state index >= 15 is 0 Å². The average molecular weight is 283 g/mol. The van der Waals surface area contributed by atoms with Crippen molar-refractivity contribution in [1.29, 1.82) is 0 Å². The van der Waals surface area contributed by atoms with Gasteiger partial charge in [0.2, 0.25) is 5.88 Å². The Morgan fingerprint density at radius 2 is 2.12 bits per heavy atom. The summed E-state index contributed by atoms with van der Waals surface area (Å²) < 4.78 is 7.52. The van der Waals surface area contributed by atoms with Gasteiger partial charge in [0.1, 0.15) is 0 Å². The van der Waals surface area contributed by atoms with Crippen LogP contribution in [0.5, 0.6) is 5.88 Å². The fraction of sp³-hybridized carbons (Fsp3) is 0.300. The van der Waals surface area contributed by atoms with Crippen molar-refractivity contribution in [1.82, 2.24) is 19.7 Å². The zero-order valence-electron chi connectivity index (χ0n) is 9.23. The number of halogens is 1. The van der Waals surface area contributed by atoms with Crippen LogP contribution < -0.4 is 4.74 Å². The Hall–Kier alpha value is -1.43. The van der Waals surface area contributed by atoms with Crippen LogP contribution >= 0.6 is 15.9 Å². The molecule has 0 aliphatic heterocycles. The first-order valence-corrected chi connectivity index (χ1v) is 5.51. The number of aromatic nitrogens is 4. The van der Waals surface area contributed by atoms with Crippen LogP contribution in [-0.4, -0.2) is 26.9 Å². The van der Waals surface area contributed by atoms with Gasteiger partial charge in [-0.1, -0.05) is 0 Å². The predicted octanol–water partition coefficient (Wildman–Crippen LogP) is 2.05. The Labute approximate surface area is 102 Å². The summed E-state index contributed by atoms with van der Waals surface area (Å²) in [5.41, 5.74) is 1.92. The van der Waals surface area contributed by atoms with E-state index in [4.69, 9.17) is 4.74 Å². The second-order valence-electron chi connectivity index (χ2n) is 3.37. The summed E-state index contributed by atoms with van der Waals surface area (Å²) in [7, 11) is 1.57. The summed E-state index contributed by atoms with van der Waals surface area (Å²) in [6.07, 6.45) is 1.65. The average Bonchev–Trinajstić information content (AvgIpc) is 2.59. The van der Waals surface area contributed by atoms with Gasteiger partial charge in [-0.25, -0.2) is 9.67 Å². The number of hydrogen-bond acceptors (Lipinski definition) is 4. The van der Waals surface area contributed by atoms with Gasteiger partial charge >= 0.3 is 0 Å². The van der Waals surface area contributed by atoms with E-state index in [0.717, 1.165) is 15.9 Å². The molecule has 0 spiro atoms. The van der Waals surface area contributed by atoms with Gasteiger partial charge in [0, 0.05) is 5.69 Å². The molecular weight excluding hydrogens is 272 g/mol. The Morgan fingerprint density at radius 3 is 2.69 bits per heavy atom. The molecule has 0 aliphatic carbocycles. The fourth-order valence-electron chi connectivity index (χ4n) is 1.42. The first-order valence-electron chi connectivity index (χ1n) is 4.72. The van der Waals surface area contributed by atoms with Gasteiger partial charge in [-0.3, -0.25) is 0 Å². The smallest absolute Gasteiger partial charge is 0.254 e. The normalized spacial score (nSPS) is 10.5. The Morgan fingerprint density at radius 1 is 1.38 bits per heavy atom. The molecule has 2 aromatic heterocycles. The largest absolute Gasteiger partial charge is 0.480 e. The Balaban J connectivity index is 2.52. The molecule has 6 heteroatoms.